The number of aromatic amines is 1. The molecule has 0 radical (unpaired) electrons. The Balaban J connectivity index is 1.60. The number of aromatic nitrogens is 5. The molecule has 4 rings (SSSR count). The Labute approximate surface area is 150 Å². The fraction of sp³-hybridized carbons (Fsp3) is 0.200. The summed E-state index contributed by atoms with van der Waals surface area (Å²) in [6.07, 6.45) is 1.55. The molecule has 8 nitrogen and oxygen atoms in total. The molecule has 10 heteroatoms. The van der Waals surface area contributed by atoms with E-state index in [0.717, 1.165) is 15.3 Å². The quantitative estimate of drug-likeness (QED) is 0.416. The molecule has 0 unspecified atom stereocenters. The van der Waals surface area contributed by atoms with Gasteiger partial charge in [-0.15, -0.1) is 21.5 Å². The van der Waals surface area contributed by atoms with E-state index in [2.05, 4.69) is 20.2 Å². The predicted molar refractivity (Wildman–Crippen MR) is 97.2 cm³/mol. The SMILES string of the molecule is Cc1sc2nc(CSc3nnc(-c4ccco4)n3N)[nH]c(=O)c2c1C. The van der Waals surface area contributed by atoms with Gasteiger partial charge in [0, 0.05) is 4.88 Å². The molecule has 0 aliphatic heterocycles. The van der Waals surface area contributed by atoms with E-state index >= 15 is 0 Å². The number of nitrogens with zero attached hydrogens (tertiary/aromatic N) is 4. The fourth-order valence-corrected chi connectivity index (χ4v) is 4.23. The molecule has 0 aliphatic carbocycles. The summed E-state index contributed by atoms with van der Waals surface area (Å²) in [7, 11) is 0. The second-order valence-electron chi connectivity index (χ2n) is 5.42. The van der Waals surface area contributed by atoms with Gasteiger partial charge in [-0.1, -0.05) is 11.8 Å². The zero-order valence-corrected chi connectivity index (χ0v) is 15.1. The largest absolute Gasteiger partial charge is 0.461 e. The molecule has 0 saturated carbocycles. The molecule has 0 saturated heterocycles. The molecule has 0 atom stereocenters. The molecular formula is C15H14N6O2S2. The molecule has 3 N–H and O–H groups in total. The first-order valence-corrected chi connectivity index (χ1v) is 9.21. The maximum absolute atomic E-state index is 12.3. The minimum absolute atomic E-state index is 0.118. The minimum atomic E-state index is -0.118. The van der Waals surface area contributed by atoms with Crippen LogP contribution in [-0.2, 0) is 5.75 Å². The molecule has 0 aromatic carbocycles. The monoisotopic (exact) mass is 374 g/mol. The molecule has 0 aliphatic rings. The third-order valence-corrected chi connectivity index (χ3v) is 5.89. The molecule has 0 bridgehead atoms. The van der Waals surface area contributed by atoms with Crippen LogP contribution < -0.4 is 11.4 Å². The lowest BCUT2D eigenvalue weighted by Crippen LogP contribution is -2.13. The van der Waals surface area contributed by atoms with E-state index in [1.54, 1.807) is 18.4 Å². The number of nitrogens with two attached hydrogens (primary N) is 1. The molecule has 0 spiro atoms. The van der Waals surface area contributed by atoms with Crippen LogP contribution in [-0.4, -0.2) is 24.8 Å². The van der Waals surface area contributed by atoms with Gasteiger partial charge in [0.15, 0.2) is 5.76 Å². The highest BCUT2D eigenvalue weighted by Crippen LogP contribution is 2.27. The fourth-order valence-electron chi connectivity index (χ4n) is 2.45. The van der Waals surface area contributed by atoms with Crippen LogP contribution in [0.3, 0.4) is 0 Å². The van der Waals surface area contributed by atoms with E-state index in [4.69, 9.17) is 10.3 Å². The third kappa shape index (κ3) is 2.72. The van der Waals surface area contributed by atoms with Crippen LogP contribution in [0.5, 0.6) is 0 Å². The van der Waals surface area contributed by atoms with E-state index in [0.29, 0.717) is 33.7 Å². The van der Waals surface area contributed by atoms with Crippen LogP contribution in [0.4, 0.5) is 0 Å². The maximum Gasteiger partial charge on any atom is 0.259 e. The molecule has 4 heterocycles. The number of furan rings is 1. The van der Waals surface area contributed by atoms with E-state index in [1.807, 2.05) is 13.8 Å². The summed E-state index contributed by atoms with van der Waals surface area (Å²) in [4.78, 5) is 21.5. The number of H-pyrrole nitrogens is 1. The molecule has 0 fully saturated rings. The summed E-state index contributed by atoms with van der Waals surface area (Å²) in [6, 6.07) is 3.52. The Bertz CT molecular complexity index is 1110. The van der Waals surface area contributed by atoms with Gasteiger partial charge in [-0.05, 0) is 31.5 Å². The van der Waals surface area contributed by atoms with E-state index in [1.165, 1.54) is 27.8 Å². The highest BCUT2D eigenvalue weighted by atomic mass is 32.2. The Kier molecular flexibility index (Phi) is 3.85. The molecule has 128 valence electrons. The van der Waals surface area contributed by atoms with Crippen molar-refractivity contribution in [3.63, 3.8) is 0 Å². The van der Waals surface area contributed by atoms with E-state index in [9.17, 15) is 4.79 Å². The molecular weight excluding hydrogens is 360 g/mol. The van der Waals surface area contributed by atoms with Gasteiger partial charge < -0.3 is 15.2 Å². The Morgan fingerprint density at radius 2 is 2.24 bits per heavy atom. The highest BCUT2D eigenvalue weighted by Gasteiger charge is 2.16. The van der Waals surface area contributed by atoms with Crippen LogP contribution in [0.1, 0.15) is 16.3 Å². The predicted octanol–water partition coefficient (Wildman–Crippen LogP) is 2.46. The smallest absolute Gasteiger partial charge is 0.259 e. The Morgan fingerprint density at radius 1 is 1.40 bits per heavy atom. The number of nitrogens with one attached hydrogen (secondary N) is 1. The Morgan fingerprint density at radius 3 is 3.00 bits per heavy atom. The first-order valence-electron chi connectivity index (χ1n) is 7.40. The topological polar surface area (TPSA) is 116 Å². The number of fused-ring (bicyclic) bond motifs is 1. The van der Waals surface area contributed by atoms with E-state index in [-0.39, 0.29) is 5.56 Å². The standard InChI is InChI=1S/C15H14N6O2S2/c1-7-8(2)25-14-11(7)13(22)17-10(18-14)6-24-15-20-19-12(21(15)16)9-4-3-5-23-9/h3-5H,6,16H2,1-2H3,(H,17,18,22). The number of rotatable bonds is 4. The van der Waals surface area contributed by atoms with Gasteiger partial charge in [0.2, 0.25) is 11.0 Å². The zero-order chi connectivity index (χ0) is 17.6. The third-order valence-electron chi connectivity index (χ3n) is 3.83. The summed E-state index contributed by atoms with van der Waals surface area (Å²) in [5.74, 6) is 8.00. The minimum Gasteiger partial charge on any atom is -0.461 e. The van der Waals surface area contributed by atoms with Crippen LogP contribution in [0.15, 0.2) is 32.8 Å². The van der Waals surface area contributed by atoms with Crippen LogP contribution in [0, 0.1) is 13.8 Å². The summed E-state index contributed by atoms with van der Waals surface area (Å²) in [5.41, 5.74) is 0.866. The summed E-state index contributed by atoms with van der Waals surface area (Å²) >= 11 is 2.86. The van der Waals surface area contributed by atoms with Crippen molar-refractivity contribution in [2.24, 2.45) is 0 Å². The van der Waals surface area contributed by atoms with Gasteiger partial charge in [0.25, 0.3) is 5.56 Å². The summed E-state index contributed by atoms with van der Waals surface area (Å²) in [5, 5.41) is 9.27. The lowest BCUT2D eigenvalue weighted by molar-refractivity contribution is 0.574. The van der Waals surface area contributed by atoms with Crippen LogP contribution in [0.2, 0.25) is 0 Å². The lowest BCUT2D eigenvalue weighted by Gasteiger charge is -2.02. The Hall–Kier alpha value is -2.59. The van der Waals surface area contributed by atoms with Crippen molar-refractivity contribution in [1.29, 1.82) is 0 Å². The molecule has 0 amide bonds. The average molecular weight is 374 g/mol. The first-order chi connectivity index (χ1) is 12.0. The van der Waals surface area contributed by atoms with Crippen LogP contribution >= 0.6 is 23.1 Å². The van der Waals surface area contributed by atoms with Crippen molar-refractivity contribution in [2.45, 2.75) is 24.8 Å². The second kappa shape index (κ2) is 6.05. The van der Waals surface area contributed by atoms with Gasteiger partial charge in [0.1, 0.15) is 10.7 Å². The highest BCUT2D eigenvalue weighted by molar-refractivity contribution is 7.98. The summed E-state index contributed by atoms with van der Waals surface area (Å²) in [6.45, 7) is 3.93. The molecule has 4 aromatic rings. The van der Waals surface area contributed by atoms with E-state index < -0.39 is 0 Å². The van der Waals surface area contributed by atoms with Crippen molar-refractivity contribution in [3.8, 4) is 11.6 Å². The number of thiophene rings is 1. The average Bonchev–Trinajstić information content (AvgIpc) is 3.27. The van der Waals surface area contributed by atoms with Gasteiger partial charge in [-0.2, -0.15) is 0 Å². The molecule has 25 heavy (non-hydrogen) atoms. The normalized spacial score (nSPS) is 11.4. The van der Waals surface area contributed by atoms with Crippen molar-refractivity contribution >= 4 is 33.3 Å². The lowest BCUT2D eigenvalue weighted by atomic mass is 10.2. The van der Waals surface area contributed by atoms with Crippen LogP contribution in [0.25, 0.3) is 21.8 Å². The van der Waals surface area contributed by atoms with Gasteiger partial charge >= 0.3 is 0 Å². The van der Waals surface area contributed by atoms with Crippen molar-refractivity contribution in [3.05, 3.63) is 45.0 Å². The number of nitrogen functional groups attached to an aromatic ring is 1. The number of hydrogen-bond donors (Lipinski definition) is 2. The van der Waals surface area contributed by atoms with Crippen molar-refractivity contribution in [2.75, 3.05) is 5.84 Å². The first kappa shape index (κ1) is 15.9. The second-order valence-corrected chi connectivity index (χ2v) is 7.56. The summed E-state index contributed by atoms with van der Waals surface area (Å²) < 4.78 is 6.64. The maximum atomic E-state index is 12.3. The van der Waals surface area contributed by atoms with Gasteiger partial charge in [-0.3, -0.25) is 4.79 Å². The van der Waals surface area contributed by atoms with Crippen molar-refractivity contribution < 1.29 is 4.42 Å². The van der Waals surface area contributed by atoms with Gasteiger partial charge in [-0.25, -0.2) is 9.66 Å². The molecule has 4 aromatic heterocycles. The number of aryl methyl sites for hydroxylation is 2. The number of hydrogen-bond acceptors (Lipinski definition) is 8. The van der Waals surface area contributed by atoms with Gasteiger partial charge in [0.05, 0.1) is 17.4 Å². The van der Waals surface area contributed by atoms with Crippen molar-refractivity contribution in [1.82, 2.24) is 24.8 Å². The zero-order valence-electron chi connectivity index (χ0n) is 13.4. The number of thioether (sulfide) groups is 1.